The van der Waals surface area contributed by atoms with Crippen LogP contribution in [0.5, 0.6) is 0 Å². The highest BCUT2D eigenvalue weighted by Crippen LogP contribution is 2.57. The number of likely N-dealkylation sites (N-methyl/N-ethyl adjacent to an activating group) is 1. The molecule has 4 rings (SSSR count). The average molecular weight is 595 g/mol. The predicted molar refractivity (Wildman–Crippen MR) is 155 cm³/mol. The van der Waals surface area contributed by atoms with E-state index in [0.29, 0.717) is 37.7 Å². The van der Waals surface area contributed by atoms with E-state index in [1.54, 1.807) is 6.07 Å². The van der Waals surface area contributed by atoms with Gasteiger partial charge >= 0.3 is 12.4 Å². The summed E-state index contributed by atoms with van der Waals surface area (Å²) in [6, 6.07) is 16.3. The smallest absolute Gasteiger partial charge is 0.301 e. The van der Waals surface area contributed by atoms with Gasteiger partial charge in [-0.05, 0) is 80.7 Å². The lowest BCUT2D eigenvalue weighted by Gasteiger charge is -2.39. The van der Waals surface area contributed by atoms with Gasteiger partial charge < -0.3 is 4.90 Å². The topological polar surface area (TPSA) is 27.0 Å². The van der Waals surface area contributed by atoms with Gasteiger partial charge in [0.2, 0.25) is 0 Å². The van der Waals surface area contributed by atoms with Crippen molar-refractivity contribution in [1.82, 2.24) is 4.90 Å². The molecule has 0 radical (unpaired) electrons. The largest absolute Gasteiger partial charge is 0.398 e. The number of benzene rings is 2. The van der Waals surface area contributed by atoms with E-state index in [2.05, 4.69) is 24.0 Å². The summed E-state index contributed by atoms with van der Waals surface area (Å²) in [5, 5.41) is 7.32. The van der Waals surface area contributed by atoms with Crippen LogP contribution in [0.2, 0.25) is 0 Å². The molecular formula is C34H44F6N2. The van der Waals surface area contributed by atoms with E-state index in [0.717, 1.165) is 19.5 Å². The maximum Gasteiger partial charge on any atom is 0.398 e. The molecule has 232 valence electrons. The molecule has 0 N–H and O–H groups in total. The van der Waals surface area contributed by atoms with Gasteiger partial charge in [0.15, 0.2) is 0 Å². The number of rotatable bonds is 10. The number of halogens is 6. The first-order chi connectivity index (χ1) is 19.9. The Morgan fingerprint density at radius 3 is 1.64 bits per heavy atom. The van der Waals surface area contributed by atoms with Crippen molar-refractivity contribution in [1.29, 1.82) is 5.26 Å². The number of alkyl halides is 6. The summed E-state index contributed by atoms with van der Waals surface area (Å²) in [5.74, 6) is 0. The minimum absolute atomic E-state index is 0.0236. The van der Waals surface area contributed by atoms with Crippen LogP contribution >= 0.6 is 0 Å². The first kappa shape index (κ1) is 34.0. The second kappa shape index (κ2) is 14.3. The van der Waals surface area contributed by atoms with E-state index < -0.39 is 23.2 Å². The second-order valence-electron chi connectivity index (χ2n) is 11.9. The predicted octanol–water partition coefficient (Wildman–Crippen LogP) is 9.85. The zero-order valence-corrected chi connectivity index (χ0v) is 25.1. The molecule has 0 saturated heterocycles. The quantitative estimate of drug-likeness (QED) is 0.256. The van der Waals surface area contributed by atoms with Crippen molar-refractivity contribution < 1.29 is 26.3 Å². The summed E-state index contributed by atoms with van der Waals surface area (Å²) in [7, 11) is 0. The van der Waals surface area contributed by atoms with Crippen LogP contribution < -0.4 is 0 Å². The normalized spacial score (nSPS) is 18.8. The fourth-order valence-corrected chi connectivity index (χ4v) is 7.26. The second-order valence-corrected chi connectivity index (χ2v) is 11.9. The van der Waals surface area contributed by atoms with Gasteiger partial charge in [0.25, 0.3) is 0 Å². The minimum atomic E-state index is -4.51. The molecular weight excluding hydrogens is 550 g/mol. The van der Waals surface area contributed by atoms with Crippen molar-refractivity contribution in [3.05, 3.63) is 70.8 Å². The molecule has 2 saturated carbocycles. The van der Waals surface area contributed by atoms with E-state index in [4.69, 9.17) is 5.26 Å². The Morgan fingerprint density at radius 1 is 0.786 bits per heavy atom. The molecule has 2 aromatic rings. The molecule has 1 unspecified atom stereocenters. The number of nitrogens with zero attached hydrogens (tertiary/aromatic N) is 2. The Hall–Kier alpha value is -2.53. The third kappa shape index (κ3) is 7.15. The van der Waals surface area contributed by atoms with E-state index in [-0.39, 0.29) is 49.3 Å². The summed E-state index contributed by atoms with van der Waals surface area (Å²) in [4.78, 5) is 2.28. The molecule has 0 bridgehead atoms. The van der Waals surface area contributed by atoms with Gasteiger partial charge in [0, 0.05) is 19.5 Å². The van der Waals surface area contributed by atoms with E-state index in [1.807, 2.05) is 25.1 Å². The molecule has 8 heteroatoms. The Bertz CT molecular complexity index is 1100. The van der Waals surface area contributed by atoms with Crippen molar-refractivity contribution in [3.8, 4) is 6.07 Å². The fourth-order valence-electron chi connectivity index (χ4n) is 7.26. The molecule has 0 amide bonds. The first-order valence-electron chi connectivity index (χ1n) is 15.2. The highest BCUT2D eigenvalue weighted by Gasteiger charge is 2.60. The van der Waals surface area contributed by atoms with Crippen LogP contribution in [-0.2, 0) is 23.7 Å². The molecule has 0 aliphatic heterocycles. The van der Waals surface area contributed by atoms with Crippen molar-refractivity contribution >= 4 is 0 Å². The van der Waals surface area contributed by atoms with Gasteiger partial charge in [-0.1, -0.05) is 81.1 Å². The summed E-state index contributed by atoms with van der Waals surface area (Å²) in [6.07, 6.45) is -5.92. The molecule has 0 spiro atoms. The molecule has 2 fully saturated rings. The van der Waals surface area contributed by atoms with Crippen LogP contribution in [-0.4, -0.2) is 36.4 Å². The summed E-state index contributed by atoms with van der Waals surface area (Å²) < 4.78 is 88.4. The van der Waals surface area contributed by atoms with Gasteiger partial charge in [0.1, 0.15) is 0 Å². The summed E-state index contributed by atoms with van der Waals surface area (Å²) in [5.41, 5.74) is -2.42. The average Bonchev–Trinajstić information content (AvgIpc) is 3.65. The van der Waals surface area contributed by atoms with E-state index in [1.165, 1.54) is 30.7 Å². The van der Waals surface area contributed by atoms with Crippen LogP contribution in [0.4, 0.5) is 26.3 Å². The van der Waals surface area contributed by atoms with Crippen LogP contribution in [0.25, 0.3) is 0 Å². The lowest BCUT2D eigenvalue weighted by molar-refractivity contribution is -0.191. The molecule has 1 atom stereocenters. The van der Waals surface area contributed by atoms with Crippen molar-refractivity contribution in [2.45, 2.75) is 121 Å². The summed E-state index contributed by atoms with van der Waals surface area (Å²) >= 11 is 0. The first-order valence-corrected chi connectivity index (χ1v) is 15.2. The zero-order chi connectivity index (χ0) is 31.0. The zero-order valence-electron chi connectivity index (χ0n) is 25.1. The SMILES string of the molecule is CC#N.CCN(CCc1ccccc1)C(C)CCc1c(C2(C(F)(F)F)CCCC2)cccc1C1(C(F)(F)F)CCCC1. The van der Waals surface area contributed by atoms with Crippen molar-refractivity contribution in [2.24, 2.45) is 0 Å². The third-order valence-electron chi connectivity index (χ3n) is 9.58. The van der Waals surface area contributed by atoms with Crippen molar-refractivity contribution in [2.75, 3.05) is 13.1 Å². The highest BCUT2D eigenvalue weighted by molar-refractivity contribution is 5.47. The lowest BCUT2D eigenvalue weighted by Crippen LogP contribution is -2.44. The van der Waals surface area contributed by atoms with Crippen LogP contribution in [0.3, 0.4) is 0 Å². The van der Waals surface area contributed by atoms with Gasteiger partial charge in [-0.2, -0.15) is 31.6 Å². The standard InChI is InChI=1S/C32H41F6N.C2H3N/c1-3-39(23-18-25-12-5-4-6-13-25)24(2)16-17-26-27(29(31(33,34)35)19-7-8-20-29)14-11-15-28(26)30(32(36,37)38)21-9-10-22-30;1-2-3/h4-6,11-15,24H,3,7-10,16-23H2,1-2H3;1H3. The Labute approximate surface area is 247 Å². The van der Waals surface area contributed by atoms with Crippen LogP contribution in [0.15, 0.2) is 48.5 Å². The minimum Gasteiger partial charge on any atom is -0.301 e. The summed E-state index contributed by atoms with van der Waals surface area (Å²) in [6.45, 7) is 7.08. The maximum absolute atomic E-state index is 14.7. The fraction of sp³-hybridized carbons (Fsp3) is 0.618. The Morgan fingerprint density at radius 2 is 1.24 bits per heavy atom. The van der Waals surface area contributed by atoms with E-state index in [9.17, 15) is 26.3 Å². The molecule has 0 aromatic heterocycles. The van der Waals surface area contributed by atoms with Gasteiger partial charge in [-0.15, -0.1) is 0 Å². The monoisotopic (exact) mass is 594 g/mol. The van der Waals surface area contributed by atoms with Gasteiger partial charge in [-0.25, -0.2) is 0 Å². The van der Waals surface area contributed by atoms with Crippen LogP contribution in [0.1, 0.15) is 101 Å². The molecule has 2 aromatic carbocycles. The molecule has 2 aliphatic rings. The molecule has 0 heterocycles. The lowest BCUT2D eigenvalue weighted by atomic mass is 9.68. The third-order valence-corrected chi connectivity index (χ3v) is 9.58. The van der Waals surface area contributed by atoms with Crippen molar-refractivity contribution in [3.63, 3.8) is 0 Å². The van der Waals surface area contributed by atoms with Crippen LogP contribution in [0, 0.1) is 11.3 Å². The molecule has 42 heavy (non-hydrogen) atoms. The van der Waals surface area contributed by atoms with E-state index >= 15 is 0 Å². The maximum atomic E-state index is 14.7. The highest BCUT2D eigenvalue weighted by atomic mass is 19.4. The van der Waals surface area contributed by atoms with Gasteiger partial charge in [0.05, 0.1) is 16.9 Å². The molecule has 2 aliphatic carbocycles. The number of hydrogen-bond donors (Lipinski definition) is 0. The number of nitriles is 1. The Balaban J connectivity index is 0.00000155. The number of hydrogen-bond acceptors (Lipinski definition) is 2. The molecule has 2 nitrogen and oxygen atoms in total. The Kier molecular flexibility index (Phi) is 11.6. The van der Waals surface area contributed by atoms with Gasteiger partial charge in [-0.3, -0.25) is 0 Å².